The summed E-state index contributed by atoms with van der Waals surface area (Å²) < 4.78 is 5.22. The maximum atomic E-state index is 12.7. The predicted octanol–water partition coefficient (Wildman–Crippen LogP) is 4.33. The average molecular weight is 395 g/mol. The van der Waals surface area contributed by atoms with E-state index < -0.39 is 5.91 Å². The molecule has 0 bridgehead atoms. The second-order valence-electron chi connectivity index (χ2n) is 6.19. The van der Waals surface area contributed by atoms with Gasteiger partial charge >= 0.3 is 0 Å². The quantitative estimate of drug-likeness (QED) is 0.611. The van der Waals surface area contributed by atoms with E-state index in [0.717, 1.165) is 11.1 Å². The van der Waals surface area contributed by atoms with Crippen LogP contribution >= 0.6 is 11.6 Å². The van der Waals surface area contributed by atoms with Crippen molar-refractivity contribution < 1.29 is 14.0 Å². The van der Waals surface area contributed by atoms with Crippen LogP contribution in [0.3, 0.4) is 0 Å². The van der Waals surface area contributed by atoms with Gasteiger partial charge in [-0.15, -0.1) is 0 Å². The molecule has 3 aromatic rings. The van der Waals surface area contributed by atoms with Gasteiger partial charge in [0.05, 0.1) is 12.8 Å². The number of rotatable bonds is 6. The van der Waals surface area contributed by atoms with E-state index in [9.17, 15) is 9.59 Å². The number of carbonyl (C=O) groups excluding carboxylic acids is 2. The number of nitrogens with one attached hydrogen (secondary N) is 2. The molecule has 1 heterocycles. The lowest BCUT2D eigenvalue weighted by Crippen LogP contribution is -2.34. The SMILES string of the molecule is Cc1ccc(C(=O)NC(=Cc2ccc(Cl)cc2)C(=O)NCc2ccco2)cc1. The van der Waals surface area contributed by atoms with Crippen molar-refractivity contribution in [2.24, 2.45) is 0 Å². The van der Waals surface area contributed by atoms with E-state index in [1.807, 2.05) is 19.1 Å². The Labute approximate surface area is 168 Å². The minimum Gasteiger partial charge on any atom is -0.467 e. The highest BCUT2D eigenvalue weighted by molar-refractivity contribution is 6.30. The zero-order valence-electron chi connectivity index (χ0n) is 15.2. The third-order valence-electron chi connectivity index (χ3n) is 3.99. The number of amides is 2. The van der Waals surface area contributed by atoms with E-state index in [0.29, 0.717) is 16.3 Å². The van der Waals surface area contributed by atoms with Crippen LogP contribution < -0.4 is 10.6 Å². The first-order valence-electron chi connectivity index (χ1n) is 8.67. The summed E-state index contributed by atoms with van der Waals surface area (Å²) in [7, 11) is 0. The van der Waals surface area contributed by atoms with Crippen LogP contribution in [0.5, 0.6) is 0 Å². The van der Waals surface area contributed by atoms with E-state index in [2.05, 4.69) is 10.6 Å². The minimum absolute atomic E-state index is 0.124. The van der Waals surface area contributed by atoms with Crippen LogP contribution in [0, 0.1) is 6.92 Å². The highest BCUT2D eigenvalue weighted by Gasteiger charge is 2.15. The second-order valence-corrected chi connectivity index (χ2v) is 6.63. The molecule has 0 aliphatic heterocycles. The Morgan fingerprint density at radius 1 is 1.04 bits per heavy atom. The van der Waals surface area contributed by atoms with Crippen molar-refractivity contribution in [3.8, 4) is 0 Å². The third kappa shape index (κ3) is 5.34. The Balaban J connectivity index is 1.80. The molecule has 0 aliphatic rings. The molecule has 28 heavy (non-hydrogen) atoms. The lowest BCUT2D eigenvalue weighted by atomic mass is 10.1. The first kappa shape index (κ1) is 19.5. The third-order valence-corrected chi connectivity index (χ3v) is 4.24. The van der Waals surface area contributed by atoms with Gasteiger partial charge in [0.25, 0.3) is 11.8 Å². The molecule has 0 saturated heterocycles. The fourth-order valence-corrected chi connectivity index (χ4v) is 2.59. The molecule has 2 aromatic carbocycles. The average Bonchev–Trinajstić information content (AvgIpc) is 3.21. The van der Waals surface area contributed by atoms with E-state index in [-0.39, 0.29) is 18.1 Å². The maximum Gasteiger partial charge on any atom is 0.268 e. The molecule has 0 unspecified atom stereocenters. The van der Waals surface area contributed by atoms with Gasteiger partial charge in [0.1, 0.15) is 11.5 Å². The Kier molecular flexibility index (Phi) is 6.29. The van der Waals surface area contributed by atoms with Gasteiger partial charge in [-0.3, -0.25) is 9.59 Å². The van der Waals surface area contributed by atoms with E-state index in [4.69, 9.17) is 16.0 Å². The van der Waals surface area contributed by atoms with Gasteiger partial charge in [0.15, 0.2) is 0 Å². The van der Waals surface area contributed by atoms with Crippen molar-refractivity contribution >= 4 is 29.5 Å². The normalized spacial score (nSPS) is 11.1. The maximum absolute atomic E-state index is 12.7. The molecule has 0 aliphatic carbocycles. The fraction of sp³-hybridized carbons (Fsp3) is 0.0909. The molecule has 5 nitrogen and oxygen atoms in total. The molecule has 0 fully saturated rings. The van der Waals surface area contributed by atoms with Crippen LogP contribution in [0.2, 0.25) is 5.02 Å². The van der Waals surface area contributed by atoms with Crippen LogP contribution in [0.15, 0.2) is 77.0 Å². The van der Waals surface area contributed by atoms with Gasteiger partial charge < -0.3 is 15.1 Å². The molecule has 6 heteroatoms. The summed E-state index contributed by atoms with van der Waals surface area (Å²) in [5, 5.41) is 6.02. The van der Waals surface area contributed by atoms with Crippen LogP contribution in [-0.4, -0.2) is 11.8 Å². The molecule has 1 aromatic heterocycles. The Bertz CT molecular complexity index is 976. The van der Waals surface area contributed by atoms with Crippen LogP contribution in [0.4, 0.5) is 0 Å². The van der Waals surface area contributed by atoms with Gasteiger partial charge in [-0.2, -0.15) is 0 Å². The molecule has 0 spiro atoms. The van der Waals surface area contributed by atoms with Crippen molar-refractivity contribution in [1.29, 1.82) is 0 Å². The smallest absolute Gasteiger partial charge is 0.268 e. The summed E-state index contributed by atoms with van der Waals surface area (Å²) in [6.45, 7) is 2.15. The molecule has 0 radical (unpaired) electrons. The number of halogens is 1. The highest BCUT2D eigenvalue weighted by atomic mass is 35.5. The van der Waals surface area contributed by atoms with Crippen molar-refractivity contribution in [2.75, 3.05) is 0 Å². The first-order chi connectivity index (χ1) is 13.5. The van der Waals surface area contributed by atoms with Crippen LogP contribution in [0.1, 0.15) is 27.2 Å². The van der Waals surface area contributed by atoms with Crippen molar-refractivity contribution in [3.05, 3.63) is 100 Å². The lowest BCUT2D eigenvalue weighted by Gasteiger charge is -2.11. The molecular formula is C22H19ClN2O3. The van der Waals surface area contributed by atoms with Gasteiger partial charge in [-0.25, -0.2) is 0 Å². The van der Waals surface area contributed by atoms with E-state index in [1.165, 1.54) is 6.26 Å². The number of carbonyl (C=O) groups is 2. The van der Waals surface area contributed by atoms with Crippen molar-refractivity contribution in [3.63, 3.8) is 0 Å². The summed E-state index contributed by atoms with van der Waals surface area (Å²) in [5.41, 5.74) is 2.37. The number of hydrogen-bond donors (Lipinski definition) is 2. The molecular weight excluding hydrogens is 376 g/mol. The van der Waals surface area contributed by atoms with Crippen molar-refractivity contribution in [1.82, 2.24) is 10.6 Å². The van der Waals surface area contributed by atoms with Crippen molar-refractivity contribution in [2.45, 2.75) is 13.5 Å². The van der Waals surface area contributed by atoms with Gasteiger partial charge in [0, 0.05) is 10.6 Å². The zero-order valence-corrected chi connectivity index (χ0v) is 16.0. The lowest BCUT2D eigenvalue weighted by molar-refractivity contribution is -0.118. The Hall–Kier alpha value is -3.31. The Morgan fingerprint density at radius 2 is 1.75 bits per heavy atom. The largest absolute Gasteiger partial charge is 0.467 e. The molecule has 0 saturated carbocycles. The molecule has 3 rings (SSSR count). The standard InChI is InChI=1S/C22H19ClN2O3/c1-15-4-8-17(9-5-15)21(26)25-20(13-16-6-10-18(23)11-7-16)22(27)24-14-19-3-2-12-28-19/h2-13H,14H2,1H3,(H,24,27)(H,25,26). The first-order valence-corrected chi connectivity index (χ1v) is 9.05. The summed E-state index contributed by atoms with van der Waals surface area (Å²) in [5.74, 6) is -0.177. The predicted molar refractivity (Wildman–Crippen MR) is 109 cm³/mol. The molecule has 142 valence electrons. The monoisotopic (exact) mass is 394 g/mol. The number of furan rings is 1. The minimum atomic E-state index is -0.424. The topological polar surface area (TPSA) is 71.3 Å². The summed E-state index contributed by atoms with van der Waals surface area (Å²) in [6.07, 6.45) is 3.13. The summed E-state index contributed by atoms with van der Waals surface area (Å²) >= 11 is 5.91. The number of aryl methyl sites for hydroxylation is 1. The van der Waals surface area contributed by atoms with E-state index in [1.54, 1.807) is 54.6 Å². The second kappa shape index (κ2) is 9.06. The summed E-state index contributed by atoms with van der Waals surface area (Å²) in [4.78, 5) is 25.2. The van der Waals surface area contributed by atoms with Crippen LogP contribution in [-0.2, 0) is 11.3 Å². The van der Waals surface area contributed by atoms with E-state index >= 15 is 0 Å². The molecule has 2 amide bonds. The number of hydrogen-bond acceptors (Lipinski definition) is 3. The zero-order chi connectivity index (χ0) is 19.9. The molecule has 2 N–H and O–H groups in total. The fourth-order valence-electron chi connectivity index (χ4n) is 2.46. The Morgan fingerprint density at radius 3 is 2.39 bits per heavy atom. The number of benzene rings is 2. The summed E-state index contributed by atoms with van der Waals surface area (Å²) in [6, 6.07) is 17.6. The van der Waals surface area contributed by atoms with Crippen LogP contribution in [0.25, 0.3) is 6.08 Å². The van der Waals surface area contributed by atoms with Gasteiger partial charge in [-0.05, 0) is 55.0 Å². The van der Waals surface area contributed by atoms with Gasteiger partial charge in [0.2, 0.25) is 0 Å². The molecule has 0 atom stereocenters. The van der Waals surface area contributed by atoms with Gasteiger partial charge in [-0.1, -0.05) is 41.4 Å². The highest BCUT2D eigenvalue weighted by Crippen LogP contribution is 2.13.